The number of hydrogen-bond donors (Lipinski definition) is 0. The van der Waals surface area contributed by atoms with Crippen molar-refractivity contribution in [1.29, 1.82) is 0 Å². The van der Waals surface area contributed by atoms with E-state index in [1.165, 1.54) is 51.2 Å². The number of nitrogens with zero attached hydrogens (tertiary/aromatic N) is 3. The lowest BCUT2D eigenvalue weighted by atomic mass is 10.0. The normalized spacial score (nSPS) is 12.5. The molecule has 5 aromatic heterocycles. The van der Waals surface area contributed by atoms with E-state index in [4.69, 9.17) is 0 Å². The van der Waals surface area contributed by atoms with Gasteiger partial charge in [0.1, 0.15) is 5.52 Å². The minimum absolute atomic E-state index is 0.912. The molecule has 0 N–H and O–H groups in total. The van der Waals surface area contributed by atoms with Gasteiger partial charge in [-0.15, -0.1) is 22.7 Å². The minimum atomic E-state index is 0.912. The fourth-order valence-electron chi connectivity index (χ4n) is 5.01. The van der Waals surface area contributed by atoms with Gasteiger partial charge in [0.2, 0.25) is 0 Å². The van der Waals surface area contributed by atoms with Crippen LogP contribution in [-0.4, -0.2) is 14.4 Å². The molecule has 0 saturated carbocycles. The molecule has 5 heterocycles. The largest absolute Gasteiger partial charge is 0.298 e. The van der Waals surface area contributed by atoms with Crippen molar-refractivity contribution in [3.8, 4) is 0 Å². The van der Waals surface area contributed by atoms with Crippen LogP contribution in [0.3, 0.4) is 0 Å². The van der Waals surface area contributed by atoms with E-state index in [0.717, 1.165) is 16.6 Å². The molecule has 0 amide bonds. The molecule has 8 rings (SSSR count). The van der Waals surface area contributed by atoms with E-state index in [1.54, 1.807) is 0 Å². The van der Waals surface area contributed by atoms with Gasteiger partial charge in [0.05, 0.1) is 5.52 Å². The van der Waals surface area contributed by atoms with E-state index in [1.807, 2.05) is 47.3 Å². The summed E-state index contributed by atoms with van der Waals surface area (Å²) in [5.74, 6) is 0. The number of imidazole rings is 1. The third-order valence-corrected chi connectivity index (χ3v) is 8.56. The molecule has 0 bridgehead atoms. The predicted molar refractivity (Wildman–Crippen MR) is 134 cm³/mol. The maximum atomic E-state index is 4.67. The van der Waals surface area contributed by atoms with Gasteiger partial charge in [0.25, 0.3) is 0 Å². The van der Waals surface area contributed by atoms with Crippen LogP contribution < -0.4 is 0 Å². The lowest BCUT2D eigenvalue weighted by Gasteiger charge is -2.08. The van der Waals surface area contributed by atoms with Crippen LogP contribution in [0, 0.1) is 0 Å². The summed E-state index contributed by atoms with van der Waals surface area (Å²) in [6.45, 7) is 0. The SMILES string of the molecule is c1ccc2c(c1)sc1ccc3sc4cc5c(cc4c3c12)c1cccnc1c1nccn51. The summed E-state index contributed by atoms with van der Waals surface area (Å²) < 4.78 is 7.52. The lowest BCUT2D eigenvalue weighted by Crippen LogP contribution is -1.92. The number of thiophene rings is 2. The molecule has 5 heteroatoms. The van der Waals surface area contributed by atoms with Crippen LogP contribution in [0.15, 0.2) is 79.3 Å². The van der Waals surface area contributed by atoms with Gasteiger partial charge in [0.15, 0.2) is 5.65 Å². The first kappa shape index (κ1) is 16.2. The van der Waals surface area contributed by atoms with Crippen LogP contribution in [0.5, 0.6) is 0 Å². The third-order valence-electron chi connectivity index (χ3n) is 6.30. The topological polar surface area (TPSA) is 30.2 Å². The van der Waals surface area contributed by atoms with Crippen LogP contribution in [0.1, 0.15) is 0 Å². The number of hydrogen-bond acceptors (Lipinski definition) is 4. The average molecular weight is 432 g/mol. The van der Waals surface area contributed by atoms with Crippen molar-refractivity contribution in [2.75, 3.05) is 0 Å². The molecule has 0 aliphatic rings. The Bertz CT molecular complexity index is 2010. The monoisotopic (exact) mass is 431 g/mol. The quantitative estimate of drug-likeness (QED) is 0.230. The summed E-state index contributed by atoms with van der Waals surface area (Å²) in [7, 11) is 0. The Hall–Kier alpha value is -3.54. The molecule has 31 heavy (non-hydrogen) atoms. The van der Waals surface area contributed by atoms with E-state index >= 15 is 0 Å². The second-order valence-electron chi connectivity index (χ2n) is 7.90. The second-order valence-corrected chi connectivity index (χ2v) is 10.1. The summed E-state index contributed by atoms with van der Waals surface area (Å²) in [5.41, 5.74) is 3.04. The molecular weight excluding hydrogens is 418 g/mol. The molecule has 0 fully saturated rings. The standard InChI is InChI=1S/C26H13N3S2/c1-2-6-19-15(4-1)23-20(30-19)7-8-21-24(23)17-12-16-14-5-3-9-27-25(14)26-28-10-11-29(26)18(16)13-22(17)31-21/h1-13H. The molecule has 0 atom stereocenters. The highest BCUT2D eigenvalue weighted by Crippen LogP contribution is 2.45. The number of benzene rings is 3. The van der Waals surface area contributed by atoms with Gasteiger partial charge in [-0.1, -0.05) is 24.3 Å². The van der Waals surface area contributed by atoms with E-state index in [-0.39, 0.29) is 0 Å². The molecule has 0 saturated heterocycles. The molecule has 0 unspecified atom stereocenters. The average Bonchev–Trinajstić information content (AvgIpc) is 3.52. The van der Waals surface area contributed by atoms with Crippen LogP contribution in [0.4, 0.5) is 0 Å². The van der Waals surface area contributed by atoms with Crippen molar-refractivity contribution in [3.63, 3.8) is 0 Å². The van der Waals surface area contributed by atoms with Crippen LogP contribution in [-0.2, 0) is 0 Å². The van der Waals surface area contributed by atoms with Gasteiger partial charge in [-0.2, -0.15) is 0 Å². The Morgan fingerprint density at radius 3 is 2.35 bits per heavy atom. The zero-order chi connectivity index (χ0) is 20.1. The number of fused-ring (bicyclic) bond motifs is 13. The molecule has 0 aliphatic heterocycles. The van der Waals surface area contributed by atoms with Gasteiger partial charge in [-0.25, -0.2) is 4.98 Å². The molecule has 0 aliphatic carbocycles. The summed E-state index contributed by atoms with van der Waals surface area (Å²) in [6, 6.07) is 22.2. The number of rotatable bonds is 0. The Morgan fingerprint density at radius 1 is 0.613 bits per heavy atom. The zero-order valence-electron chi connectivity index (χ0n) is 16.2. The third kappa shape index (κ3) is 1.98. The Balaban J connectivity index is 1.67. The van der Waals surface area contributed by atoms with Crippen molar-refractivity contribution in [3.05, 3.63) is 79.3 Å². The lowest BCUT2D eigenvalue weighted by molar-refractivity contribution is 1.26. The Kier molecular flexibility index (Phi) is 2.91. The second kappa shape index (κ2) is 5.58. The number of pyridine rings is 2. The Morgan fingerprint density at radius 2 is 1.42 bits per heavy atom. The van der Waals surface area contributed by atoms with Crippen LogP contribution in [0.2, 0.25) is 0 Å². The summed E-state index contributed by atoms with van der Waals surface area (Å²) >= 11 is 3.76. The minimum Gasteiger partial charge on any atom is -0.298 e. The van der Waals surface area contributed by atoms with Crippen LogP contribution in [0.25, 0.3) is 67.8 Å². The van der Waals surface area contributed by atoms with Crippen molar-refractivity contribution in [2.24, 2.45) is 0 Å². The van der Waals surface area contributed by atoms with Gasteiger partial charge in [-0.05, 0) is 36.4 Å². The summed E-state index contributed by atoms with van der Waals surface area (Å²) in [6.07, 6.45) is 5.75. The first-order chi connectivity index (χ1) is 15.4. The molecule has 8 aromatic rings. The summed E-state index contributed by atoms with van der Waals surface area (Å²) in [5, 5.41) is 7.81. The van der Waals surface area contributed by atoms with Gasteiger partial charge >= 0.3 is 0 Å². The molecular formula is C26H13N3S2. The fraction of sp³-hybridized carbons (Fsp3) is 0. The molecule has 0 spiro atoms. The highest BCUT2D eigenvalue weighted by Gasteiger charge is 2.16. The smallest absolute Gasteiger partial charge is 0.163 e. The van der Waals surface area contributed by atoms with Gasteiger partial charge in [-0.3, -0.25) is 9.38 Å². The first-order valence-electron chi connectivity index (χ1n) is 10.2. The molecule has 3 nitrogen and oxygen atoms in total. The van der Waals surface area contributed by atoms with E-state index in [2.05, 4.69) is 69.0 Å². The highest BCUT2D eigenvalue weighted by atomic mass is 32.1. The predicted octanol–water partition coefficient (Wildman–Crippen LogP) is 7.77. The van der Waals surface area contributed by atoms with Crippen molar-refractivity contribution < 1.29 is 0 Å². The van der Waals surface area contributed by atoms with Gasteiger partial charge in [0, 0.05) is 69.7 Å². The van der Waals surface area contributed by atoms with Crippen molar-refractivity contribution in [1.82, 2.24) is 14.4 Å². The molecule has 0 radical (unpaired) electrons. The van der Waals surface area contributed by atoms with Crippen LogP contribution >= 0.6 is 22.7 Å². The number of aromatic nitrogens is 3. The Labute approximate surface area is 183 Å². The van der Waals surface area contributed by atoms with Gasteiger partial charge < -0.3 is 0 Å². The van der Waals surface area contributed by atoms with E-state index in [9.17, 15) is 0 Å². The van der Waals surface area contributed by atoms with Crippen molar-refractivity contribution in [2.45, 2.75) is 0 Å². The summed E-state index contributed by atoms with van der Waals surface area (Å²) in [4.78, 5) is 9.26. The maximum absolute atomic E-state index is 4.67. The first-order valence-corrected chi connectivity index (χ1v) is 11.8. The van der Waals surface area contributed by atoms with E-state index < -0.39 is 0 Å². The fourth-order valence-corrected chi connectivity index (χ4v) is 7.25. The highest BCUT2D eigenvalue weighted by molar-refractivity contribution is 7.28. The molecule has 144 valence electrons. The molecule has 3 aromatic carbocycles. The zero-order valence-corrected chi connectivity index (χ0v) is 17.8. The van der Waals surface area contributed by atoms with Crippen molar-refractivity contribution >= 4 is 90.5 Å². The maximum Gasteiger partial charge on any atom is 0.163 e. The van der Waals surface area contributed by atoms with E-state index in [0.29, 0.717) is 0 Å².